The number of hydrogen-bond acceptors (Lipinski definition) is 8. The number of rotatable bonds is 8. The highest BCUT2D eigenvalue weighted by atomic mass is 16.6. The quantitative estimate of drug-likeness (QED) is 0.261. The Morgan fingerprint density at radius 2 is 1.80 bits per heavy atom. The summed E-state index contributed by atoms with van der Waals surface area (Å²) in [6.07, 6.45) is 7.67. The molecule has 11 heteroatoms. The van der Waals surface area contributed by atoms with Crippen LogP contribution in [-0.2, 0) is 28.7 Å². The van der Waals surface area contributed by atoms with Crippen molar-refractivity contribution in [1.29, 1.82) is 0 Å². The van der Waals surface area contributed by atoms with E-state index >= 15 is 0 Å². The van der Waals surface area contributed by atoms with Crippen LogP contribution in [0.5, 0.6) is 0 Å². The van der Waals surface area contributed by atoms with Gasteiger partial charge in [-0.05, 0) is 64.3 Å². The SMILES string of the molecule is CCN(CC)c1ccc(N2C/C=C\CCC(=O)NC[C@@H](C)OC(=O)[C@@H]3[C@@H]4C=C[C@]5(O4)[C@H](C2=O)N(CCCCO)C(=O)[C@@H]35)cc1. The molecule has 6 atom stereocenters. The lowest BCUT2D eigenvalue weighted by molar-refractivity contribution is -0.158. The van der Waals surface area contributed by atoms with Crippen molar-refractivity contribution in [2.75, 3.05) is 49.1 Å². The highest BCUT2D eigenvalue weighted by Gasteiger charge is 2.73. The second-order valence-electron chi connectivity index (χ2n) is 11.9. The second-order valence-corrected chi connectivity index (χ2v) is 11.9. The number of likely N-dealkylation sites (tertiary alicyclic amines) is 1. The van der Waals surface area contributed by atoms with Crippen molar-refractivity contribution in [3.63, 3.8) is 0 Å². The Hall–Kier alpha value is -3.70. The molecular formula is C33H44N4O7. The molecule has 11 nitrogen and oxygen atoms in total. The Morgan fingerprint density at radius 3 is 2.50 bits per heavy atom. The predicted molar refractivity (Wildman–Crippen MR) is 165 cm³/mol. The van der Waals surface area contributed by atoms with E-state index in [9.17, 15) is 24.3 Å². The van der Waals surface area contributed by atoms with E-state index in [1.54, 1.807) is 28.9 Å². The lowest BCUT2D eigenvalue weighted by Gasteiger charge is -2.36. The van der Waals surface area contributed by atoms with Crippen molar-refractivity contribution in [2.45, 2.75) is 70.3 Å². The third kappa shape index (κ3) is 5.87. The maximum atomic E-state index is 14.8. The number of nitrogens with zero attached hydrogens (tertiary/aromatic N) is 3. The van der Waals surface area contributed by atoms with E-state index in [-0.39, 0.29) is 50.4 Å². The molecule has 2 N–H and O–H groups in total. The first-order valence-corrected chi connectivity index (χ1v) is 15.8. The fourth-order valence-corrected chi connectivity index (χ4v) is 6.93. The molecule has 1 spiro atoms. The molecule has 2 saturated heterocycles. The fraction of sp³-hybridized carbons (Fsp3) is 0.576. The van der Waals surface area contributed by atoms with Crippen LogP contribution in [0.25, 0.3) is 0 Å². The number of amides is 3. The van der Waals surface area contributed by atoms with E-state index < -0.39 is 41.7 Å². The molecule has 0 saturated carbocycles. The van der Waals surface area contributed by atoms with Gasteiger partial charge in [-0.3, -0.25) is 19.2 Å². The van der Waals surface area contributed by atoms with Crippen LogP contribution in [-0.4, -0.2) is 96.9 Å². The van der Waals surface area contributed by atoms with Gasteiger partial charge < -0.3 is 34.6 Å². The maximum absolute atomic E-state index is 14.8. The summed E-state index contributed by atoms with van der Waals surface area (Å²) in [6, 6.07) is 6.77. The Morgan fingerprint density at radius 1 is 1.05 bits per heavy atom. The van der Waals surface area contributed by atoms with E-state index in [1.807, 2.05) is 36.4 Å². The Bertz CT molecular complexity index is 1290. The van der Waals surface area contributed by atoms with Crippen LogP contribution < -0.4 is 15.1 Å². The molecule has 5 bridgehead atoms. The number of cyclic esters (lactones) is 1. The van der Waals surface area contributed by atoms with Gasteiger partial charge in [0.15, 0.2) is 0 Å². The summed E-state index contributed by atoms with van der Waals surface area (Å²) in [5.41, 5.74) is 0.376. The Kier molecular flexibility index (Phi) is 9.75. The van der Waals surface area contributed by atoms with Gasteiger partial charge >= 0.3 is 5.97 Å². The summed E-state index contributed by atoms with van der Waals surface area (Å²) >= 11 is 0. The van der Waals surface area contributed by atoms with Crippen LogP contribution in [0.3, 0.4) is 0 Å². The van der Waals surface area contributed by atoms with Gasteiger partial charge in [-0.25, -0.2) is 0 Å². The average molecular weight is 609 g/mol. The Balaban J connectivity index is 1.56. The number of nitrogens with one attached hydrogen (secondary N) is 1. The van der Waals surface area contributed by atoms with Crippen LogP contribution in [0.4, 0.5) is 11.4 Å². The van der Waals surface area contributed by atoms with E-state index in [4.69, 9.17) is 9.47 Å². The third-order valence-corrected chi connectivity index (χ3v) is 9.14. The van der Waals surface area contributed by atoms with Crippen LogP contribution in [0.1, 0.15) is 46.5 Å². The van der Waals surface area contributed by atoms with E-state index in [2.05, 4.69) is 24.1 Å². The smallest absolute Gasteiger partial charge is 0.313 e. The molecule has 0 unspecified atom stereocenters. The molecule has 3 amide bonds. The first-order valence-electron chi connectivity index (χ1n) is 15.8. The van der Waals surface area contributed by atoms with Crippen LogP contribution in [0, 0.1) is 11.8 Å². The minimum atomic E-state index is -1.32. The van der Waals surface area contributed by atoms with Gasteiger partial charge in [0.1, 0.15) is 23.7 Å². The number of aliphatic hydroxyl groups excluding tert-OH is 1. The molecular weight excluding hydrogens is 564 g/mol. The molecule has 4 aliphatic rings. The highest BCUT2D eigenvalue weighted by molar-refractivity contribution is 6.05. The minimum absolute atomic E-state index is 0.0348. The monoisotopic (exact) mass is 608 g/mol. The normalized spacial score (nSPS) is 31.2. The first kappa shape index (κ1) is 31.7. The van der Waals surface area contributed by atoms with Gasteiger partial charge in [0.25, 0.3) is 5.91 Å². The molecule has 0 aromatic heterocycles. The van der Waals surface area contributed by atoms with Crippen LogP contribution >= 0.6 is 0 Å². The lowest BCUT2D eigenvalue weighted by atomic mass is 9.74. The van der Waals surface area contributed by atoms with Crippen molar-refractivity contribution >= 4 is 35.1 Å². The summed E-state index contributed by atoms with van der Waals surface area (Å²) in [7, 11) is 0. The van der Waals surface area contributed by atoms with Crippen molar-refractivity contribution in [1.82, 2.24) is 10.2 Å². The molecule has 1 aromatic rings. The first-order chi connectivity index (χ1) is 21.2. The maximum Gasteiger partial charge on any atom is 0.313 e. The minimum Gasteiger partial charge on any atom is -0.460 e. The average Bonchev–Trinajstić information content (AvgIpc) is 3.66. The Labute approximate surface area is 258 Å². The molecule has 1 aromatic carbocycles. The zero-order chi connectivity index (χ0) is 31.4. The standard InChI is InChI=1S/C33H44N4O7/c1-4-35(5-2)23-12-14-24(15-13-23)36-18-8-6-7-11-26(39)34-21-22(3)43-32(42)27-25-16-17-33(44-25)28(27)30(40)37(19-9-10-20-38)29(33)31(36)41/h6,8,12-17,22,25,27-29,38H,4-5,7,9-11,18-21H2,1-3H3,(H,34,39)/b8-6-/t22-,25+,27-,28-,29+,33-/m1/s1. The predicted octanol–water partition coefficient (Wildman–Crippen LogP) is 2.19. The number of hydrogen-bond donors (Lipinski definition) is 2. The number of allylic oxidation sites excluding steroid dienone is 1. The molecule has 238 valence electrons. The van der Waals surface area contributed by atoms with Gasteiger partial charge in [0.2, 0.25) is 11.8 Å². The highest BCUT2D eigenvalue weighted by Crippen LogP contribution is 2.55. The van der Waals surface area contributed by atoms with E-state index in [0.717, 1.165) is 18.8 Å². The summed E-state index contributed by atoms with van der Waals surface area (Å²) in [6.45, 7) is 8.14. The summed E-state index contributed by atoms with van der Waals surface area (Å²) < 4.78 is 12.2. The van der Waals surface area contributed by atoms with Crippen molar-refractivity contribution < 1.29 is 33.8 Å². The van der Waals surface area contributed by atoms with Crippen LogP contribution in [0.2, 0.25) is 0 Å². The molecule has 4 aliphatic heterocycles. The van der Waals surface area contributed by atoms with E-state index in [1.165, 1.54) is 0 Å². The van der Waals surface area contributed by atoms with E-state index in [0.29, 0.717) is 24.9 Å². The number of ether oxygens (including phenoxy) is 2. The zero-order valence-corrected chi connectivity index (χ0v) is 25.8. The van der Waals surface area contributed by atoms with Gasteiger partial charge in [0.05, 0.1) is 18.6 Å². The fourth-order valence-electron chi connectivity index (χ4n) is 6.93. The van der Waals surface area contributed by atoms with Crippen molar-refractivity contribution in [2.24, 2.45) is 11.8 Å². The molecule has 4 heterocycles. The third-order valence-electron chi connectivity index (χ3n) is 9.14. The molecule has 2 fully saturated rings. The van der Waals surface area contributed by atoms with Gasteiger partial charge in [-0.1, -0.05) is 24.3 Å². The van der Waals surface area contributed by atoms with Gasteiger partial charge in [-0.15, -0.1) is 0 Å². The number of esters is 1. The summed E-state index contributed by atoms with van der Waals surface area (Å²) in [5.74, 6) is -3.24. The number of aliphatic hydroxyl groups is 1. The molecule has 44 heavy (non-hydrogen) atoms. The number of unbranched alkanes of at least 4 members (excludes halogenated alkanes) is 1. The summed E-state index contributed by atoms with van der Waals surface area (Å²) in [4.78, 5) is 60.3. The number of carbonyl (C=O) groups excluding carboxylic acids is 4. The number of anilines is 2. The zero-order valence-electron chi connectivity index (χ0n) is 25.8. The lowest BCUT2D eigenvalue weighted by Crippen LogP contribution is -2.56. The van der Waals surface area contributed by atoms with Gasteiger partial charge in [-0.2, -0.15) is 0 Å². The number of benzene rings is 1. The van der Waals surface area contributed by atoms with Gasteiger partial charge in [0, 0.05) is 50.6 Å². The van der Waals surface area contributed by atoms with Crippen LogP contribution in [0.15, 0.2) is 48.6 Å². The van der Waals surface area contributed by atoms with Crippen molar-refractivity contribution in [3.05, 3.63) is 48.6 Å². The second kappa shape index (κ2) is 13.5. The number of carbonyl (C=O) groups is 4. The molecule has 5 rings (SSSR count). The number of fused-ring (bicyclic) bond motifs is 2. The molecule has 0 aliphatic carbocycles. The summed E-state index contributed by atoms with van der Waals surface area (Å²) in [5, 5.41) is 12.3. The van der Waals surface area contributed by atoms with Crippen molar-refractivity contribution in [3.8, 4) is 0 Å². The largest absolute Gasteiger partial charge is 0.460 e. The molecule has 0 radical (unpaired) electrons. The topological polar surface area (TPSA) is 129 Å².